The lowest BCUT2D eigenvalue weighted by molar-refractivity contribution is -0.121. The molecule has 1 aromatic heterocycles. The maximum absolute atomic E-state index is 12.0. The normalized spacial score (nSPS) is 17.4. The highest BCUT2D eigenvalue weighted by atomic mass is 16.5. The number of hydrogen-bond acceptors (Lipinski definition) is 3. The Morgan fingerprint density at radius 3 is 2.38 bits per heavy atom. The van der Waals surface area contributed by atoms with Gasteiger partial charge in [0.1, 0.15) is 11.9 Å². The second-order valence-corrected chi connectivity index (χ2v) is 8.61. The third-order valence-corrected chi connectivity index (χ3v) is 5.80. The van der Waals surface area contributed by atoms with Gasteiger partial charge in [-0.2, -0.15) is 0 Å². The number of carbonyl (C=O) groups excluding carboxylic acids is 1. The summed E-state index contributed by atoms with van der Waals surface area (Å²) in [6.45, 7) is 2.17. The number of ether oxygens (including phenoxy) is 1. The average Bonchev–Trinajstić information content (AvgIpc) is 3.46. The first-order chi connectivity index (χ1) is 14.2. The molecule has 3 nitrogen and oxygen atoms in total. The molecular weight excluding hydrogens is 358 g/mol. The van der Waals surface area contributed by atoms with E-state index in [2.05, 4.69) is 48.0 Å². The Kier molecular flexibility index (Phi) is 6.30. The molecule has 1 heterocycles. The van der Waals surface area contributed by atoms with Gasteiger partial charge in [0.05, 0.1) is 0 Å². The van der Waals surface area contributed by atoms with Crippen LogP contribution in [0.5, 0.6) is 5.88 Å². The summed E-state index contributed by atoms with van der Waals surface area (Å²) in [7, 11) is 0. The average molecular weight is 388 g/mol. The number of aromatic nitrogens is 1. The van der Waals surface area contributed by atoms with Crippen molar-refractivity contribution in [1.29, 1.82) is 0 Å². The van der Waals surface area contributed by atoms with Crippen molar-refractivity contribution >= 4 is 5.78 Å². The first kappa shape index (κ1) is 19.7. The second kappa shape index (κ2) is 9.27. The molecule has 1 aromatic carbocycles. The minimum absolute atomic E-state index is 0.326. The van der Waals surface area contributed by atoms with Gasteiger partial charge in [-0.1, -0.05) is 30.9 Å². The molecule has 150 valence electrons. The zero-order valence-corrected chi connectivity index (χ0v) is 17.2. The topological polar surface area (TPSA) is 39.2 Å². The molecule has 2 fully saturated rings. The van der Waals surface area contributed by atoms with E-state index in [4.69, 9.17) is 4.74 Å². The van der Waals surface area contributed by atoms with Crippen molar-refractivity contribution in [3.8, 4) is 17.7 Å². The van der Waals surface area contributed by atoms with E-state index in [1.807, 2.05) is 12.1 Å². The number of rotatable bonds is 7. The predicted octanol–water partition coefficient (Wildman–Crippen LogP) is 5.35. The van der Waals surface area contributed by atoms with Crippen molar-refractivity contribution in [2.24, 2.45) is 11.8 Å². The zero-order valence-electron chi connectivity index (χ0n) is 17.2. The summed E-state index contributed by atoms with van der Waals surface area (Å²) in [5, 5.41) is 0. The highest BCUT2D eigenvalue weighted by Gasteiger charge is 2.29. The highest BCUT2D eigenvalue weighted by molar-refractivity contribution is 5.83. The van der Waals surface area contributed by atoms with Crippen molar-refractivity contribution in [2.75, 3.05) is 0 Å². The smallest absolute Gasteiger partial charge is 0.213 e. The Balaban J connectivity index is 1.29. The molecule has 2 aliphatic rings. The summed E-state index contributed by atoms with van der Waals surface area (Å²) in [6, 6.07) is 12.2. The van der Waals surface area contributed by atoms with Crippen LogP contribution in [0.4, 0.5) is 0 Å². The number of nitrogens with zero attached hydrogens (tertiary/aromatic N) is 1. The Bertz CT molecular complexity index is 879. The molecule has 2 aromatic rings. The molecule has 3 heteroatoms. The first-order valence-electron chi connectivity index (χ1n) is 10.9. The van der Waals surface area contributed by atoms with E-state index < -0.39 is 0 Å². The number of pyridine rings is 1. The van der Waals surface area contributed by atoms with Crippen molar-refractivity contribution in [1.82, 2.24) is 4.98 Å². The molecule has 0 radical (unpaired) electrons. The van der Waals surface area contributed by atoms with Crippen molar-refractivity contribution < 1.29 is 9.53 Å². The molecule has 2 saturated carbocycles. The van der Waals surface area contributed by atoms with Crippen LogP contribution in [0, 0.1) is 23.7 Å². The van der Waals surface area contributed by atoms with E-state index in [1.165, 1.54) is 18.4 Å². The highest BCUT2D eigenvalue weighted by Crippen LogP contribution is 2.32. The van der Waals surface area contributed by atoms with E-state index in [1.54, 1.807) is 6.20 Å². The zero-order chi connectivity index (χ0) is 20.1. The van der Waals surface area contributed by atoms with Gasteiger partial charge in [-0.25, -0.2) is 4.98 Å². The van der Waals surface area contributed by atoms with Crippen molar-refractivity contribution in [3.05, 3.63) is 59.3 Å². The van der Waals surface area contributed by atoms with E-state index in [9.17, 15) is 4.79 Å². The lowest BCUT2D eigenvalue weighted by Gasteiger charge is -2.11. The third kappa shape index (κ3) is 5.94. The summed E-state index contributed by atoms with van der Waals surface area (Å²) < 4.78 is 5.90. The summed E-state index contributed by atoms with van der Waals surface area (Å²) in [5.74, 6) is 8.29. The minimum Gasteiger partial charge on any atom is -0.474 e. The maximum Gasteiger partial charge on any atom is 0.213 e. The number of benzene rings is 1. The quantitative estimate of drug-likeness (QED) is 0.601. The first-order valence-corrected chi connectivity index (χ1v) is 10.9. The van der Waals surface area contributed by atoms with Crippen LogP contribution in [0.15, 0.2) is 42.6 Å². The third-order valence-electron chi connectivity index (χ3n) is 5.80. The monoisotopic (exact) mass is 387 g/mol. The van der Waals surface area contributed by atoms with Crippen LogP contribution in [0.1, 0.15) is 68.6 Å². The summed E-state index contributed by atoms with van der Waals surface area (Å²) >= 11 is 0. The van der Waals surface area contributed by atoms with Crippen molar-refractivity contribution in [2.45, 2.75) is 64.4 Å². The molecule has 0 spiro atoms. The van der Waals surface area contributed by atoms with Gasteiger partial charge in [0.25, 0.3) is 0 Å². The standard InChI is InChI=1S/C26H29NO2/c1-19(17-25(28)23-13-14-23)16-21-9-6-20(7-10-21)8-11-22-12-15-26(27-18-22)29-24-4-2-3-5-24/h6-7,9-10,12,15,18-19,23-24H,2-5,13-14,16-17H2,1H3. The molecule has 1 unspecified atom stereocenters. The second-order valence-electron chi connectivity index (χ2n) is 8.61. The number of carbonyl (C=O) groups is 1. The van der Waals surface area contributed by atoms with Crippen LogP contribution in [0.25, 0.3) is 0 Å². The van der Waals surface area contributed by atoms with Gasteiger partial charge < -0.3 is 4.74 Å². The number of ketones is 1. The minimum atomic E-state index is 0.326. The van der Waals surface area contributed by atoms with Crippen LogP contribution in [-0.4, -0.2) is 16.9 Å². The molecular formula is C26H29NO2. The van der Waals surface area contributed by atoms with E-state index in [0.717, 1.165) is 43.2 Å². The Morgan fingerprint density at radius 1 is 1.03 bits per heavy atom. The van der Waals surface area contributed by atoms with Gasteiger partial charge in [-0.05, 0) is 74.6 Å². The lowest BCUT2D eigenvalue weighted by Crippen LogP contribution is -2.11. The fourth-order valence-corrected chi connectivity index (χ4v) is 3.96. The van der Waals surface area contributed by atoms with Crippen LogP contribution in [0.3, 0.4) is 0 Å². The van der Waals surface area contributed by atoms with Crippen molar-refractivity contribution in [3.63, 3.8) is 0 Å². The molecule has 1 atom stereocenters. The van der Waals surface area contributed by atoms with Gasteiger partial charge in [0, 0.05) is 35.7 Å². The Labute approximate surface area is 173 Å². The summed E-state index contributed by atoms with van der Waals surface area (Å²) in [6.07, 6.45) is 10.7. The fourth-order valence-electron chi connectivity index (χ4n) is 3.96. The molecule has 0 saturated heterocycles. The summed E-state index contributed by atoms with van der Waals surface area (Å²) in [5.41, 5.74) is 3.14. The number of hydrogen-bond donors (Lipinski definition) is 0. The predicted molar refractivity (Wildman–Crippen MR) is 115 cm³/mol. The van der Waals surface area contributed by atoms with Crippen LogP contribution in [0.2, 0.25) is 0 Å². The molecule has 0 N–H and O–H groups in total. The van der Waals surface area contributed by atoms with E-state index in [-0.39, 0.29) is 0 Å². The number of Topliss-reactive ketones (excluding diaryl/α,β-unsaturated/α-hetero) is 1. The van der Waals surface area contributed by atoms with Crippen LogP contribution >= 0.6 is 0 Å². The van der Waals surface area contributed by atoms with Crippen LogP contribution < -0.4 is 4.74 Å². The van der Waals surface area contributed by atoms with Gasteiger partial charge in [0.2, 0.25) is 5.88 Å². The molecule has 29 heavy (non-hydrogen) atoms. The van der Waals surface area contributed by atoms with Gasteiger partial charge in [-0.15, -0.1) is 0 Å². The van der Waals surface area contributed by atoms with E-state index in [0.29, 0.717) is 36.0 Å². The SMILES string of the molecule is CC(CC(=O)C1CC1)Cc1ccc(C#Cc2ccc(OC3CCCC3)nc2)cc1. The lowest BCUT2D eigenvalue weighted by atomic mass is 9.94. The van der Waals surface area contributed by atoms with E-state index >= 15 is 0 Å². The fraction of sp³-hybridized carbons (Fsp3) is 0.462. The molecule has 0 aliphatic heterocycles. The summed E-state index contributed by atoms with van der Waals surface area (Å²) in [4.78, 5) is 16.3. The molecule has 0 bridgehead atoms. The van der Waals surface area contributed by atoms with Gasteiger partial charge in [-0.3, -0.25) is 4.79 Å². The Hall–Kier alpha value is -2.60. The maximum atomic E-state index is 12.0. The molecule has 4 rings (SSSR count). The van der Waals surface area contributed by atoms with Crippen LogP contribution in [-0.2, 0) is 11.2 Å². The van der Waals surface area contributed by atoms with Gasteiger partial charge in [0.15, 0.2) is 0 Å². The van der Waals surface area contributed by atoms with Gasteiger partial charge >= 0.3 is 0 Å². The largest absolute Gasteiger partial charge is 0.474 e. The molecule has 0 amide bonds. The Morgan fingerprint density at radius 2 is 1.72 bits per heavy atom. The molecule has 2 aliphatic carbocycles.